The molecular formula is C15H23NO2. The van der Waals surface area contributed by atoms with Gasteiger partial charge < -0.3 is 9.64 Å². The number of rotatable bonds is 6. The largest absolute Gasteiger partial charge is 0.497 e. The zero-order valence-corrected chi connectivity index (χ0v) is 11.8. The summed E-state index contributed by atoms with van der Waals surface area (Å²) in [6.45, 7) is 7.44. The van der Waals surface area contributed by atoms with Crippen LogP contribution in [-0.2, 0) is 11.3 Å². The van der Waals surface area contributed by atoms with Crippen LogP contribution in [0.1, 0.15) is 32.8 Å². The molecule has 0 aliphatic carbocycles. The van der Waals surface area contributed by atoms with Gasteiger partial charge in [0, 0.05) is 20.0 Å². The Morgan fingerprint density at radius 3 is 2.39 bits per heavy atom. The van der Waals surface area contributed by atoms with E-state index in [1.165, 1.54) is 0 Å². The number of carbonyl (C=O) groups is 1. The fourth-order valence-electron chi connectivity index (χ4n) is 1.76. The molecule has 1 aromatic rings. The Kier molecular flexibility index (Phi) is 5.69. The number of amides is 1. The predicted octanol–water partition coefficient (Wildman–Crippen LogP) is 3.09. The van der Waals surface area contributed by atoms with Crippen molar-refractivity contribution in [3.63, 3.8) is 0 Å². The van der Waals surface area contributed by atoms with Gasteiger partial charge in [0.1, 0.15) is 5.75 Å². The van der Waals surface area contributed by atoms with Crippen LogP contribution in [-0.4, -0.2) is 24.5 Å². The lowest BCUT2D eigenvalue weighted by atomic mass is 10.1. The first-order chi connectivity index (χ1) is 8.56. The second kappa shape index (κ2) is 7.04. The maximum absolute atomic E-state index is 11.6. The Bertz CT molecular complexity index is 373. The molecule has 0 saturated carbocycles. The predicted molar refractivity (Wildman–Crippen MR) is 73.5 cm³/mol. The highest BCUT2D eigenvalue weighted by molar-refractivity contribution is 5.73. The lowest BCUT2D eigenvalue weighted by Gasteiger charge is -2.24. The first-order valence-electron chi connectivity index (χ1n) is 6.45. The van der Waals surface area contributed by atoms with Crippen LogP contribution in [0.25, 0.3) is 0 Å². The summed E-state index contributed by atoms with van der Waals surface area (Å²) in [5, 5.41) is 0. The normalized spacial score (nSPS) is 12.0. The lowest BCUT2D eigenvalue weighted by molar-refractivity contribution is -0.130. The Hall–Kier alpha value is -1.51. The fraction of sp³-hybridized carbons (Fsp3) is 0.533. The van der Waals surface area contributed by atoms with Crippen molar-refractivity contribution in [3.8, 4) is 5.75 Å². The molecule has 1 atom stereocenters. The van der Waals surface area contributed by atoms with E-state index in [0.29, 0.717) is 12.5 Å². The molecule has 0 radical (unpaired) electrons. The average Bonchev–Trinajstić information content (AvgIpc) is 2.38. The highest BCUT2D eigenvalue weighted by Crippen LogP contribution is 2.14. The maximum atomic E-state index is 11.6. The minimum absolute atomic E-state index is 0.131. The molecule has 0 aliphatic rings. The molecule has 1 unspecified atom stereocenters. The Morgan fingerprint density at radius 2 is 1.94 bits per heavy atom. The zero-order valence-electron chi connectivity index (χ0n) is 11.8. The average molecular weight is 249 g/mol. The zero-order chi connectivity index (χ0) is 13.5. The van der Waals surface area contributed by atoms with Crippen molar-refractivity contribution in [2.45, 2.75) is 33.7 Å². The summed E-state index contributed by atoms with van der Waals surface area (Å²) >= 11 is 0. The lowest BCUT2D eigenvalue weighted by Crippen LogP contribution is -2.32. The third kappa shape index (κ3) is 4.40. The Morgan fingerprint density at radius 1 is 1.33 bits per heavy atom. The van der Waals surface area contributed by atoms with Gasteiger partial charge in [-0.05, 0) is 23.6 Å². The molecule has 0 spiro atoms. The van der Waals surface area contributed by atoms with Crippen LogP contribution >= 0.6 is 0 Å². The molecule has 1 amide bonds. The van der Waals surface area contributed by atoms with E-state index in [2.05, 4.69) is 13.8 Å². The molecule has 0 saturated heterocycles. The van der Waals surface area contributed by atoms with Gasteiger partial charge in [0.25, 0.3) is 0 Å². The number of methoxy groups -OCH3 is 1. The van der Waals surface area contributed by atoms with Crippen LogP contribution in [0.3, 0.4) is 0 Å². The van der Waals surface area contributed by atoms with Crippen LogP contribution in [0.5, 0.6) is 5.75 Å². The van der Waals surface area contributed by atoms with Crippen LogP contribution in [0.15, 0.2) is 24.3 Å². The quantitative estimate of drug-likeness (QED) is 0.775. The Balaban J connectivity index is 2.67. The van der Waals surface area contributed by atoms with E-state index in [9.17, 15) is 4.79 Å². The monoisotopic (exact) mass is 249 g/mol. The Labute approximate surface area is 110 Å². The topological polar surface area (TPSA) is 29.5 Å². The van der Waals surface area contributed by atoms with Crippen LogP contribution in [0, 0.1) is 5.92 Å². The number of nitrogens with zero attached hydrogens (tertiary/aromatic N) is 1. The summed E-state index contributed by atoms with van der Waals surface area (Å²) < 4.78 is 5.12. The van der Waals surface area contributed by atoms with Crippen molar-refractivity contribution < 1.29 is 9.53 Å². The van der Waals surface area contributed by atoms with Crippen LogP contribution in [0.4, 0.5) is 0 Å². The minimum Gasteiger partial charge on any atom is -0.497 e. The van der Waals surface area contributed by atoms with Gasteiger partial charge in [-0.3, -0.25) is 4.79 Å². The molecule has 1 aromatic carbocycles. The molecule has 0 bridgehead atoms. The molecular weight excluding hydrogens is 226 g/mol. The second-order valence-corrected chi connectivity index (χ2v) is 4.76. The molecule has 18 heavy (non-hydrogen) atoms. The second-order valence-electron chi connectivity index (χ2n) is 4.76. The van der Waals surface area contributed by atoms with Crippen LogP contribution in [0.2, 0.25) is 0 Å². The minimum atomic E-state index is 0.131. The molecule has 3 heteroatoms. The molecule has 100 valence electrons. The molecule has 3 nitrogen and oxygen atoms in total. The van der Waals surface area contributed by atoms with E-state index in [4.69, 9.17) is 4.74 Å². The number of benzene rings is 1. The molecule has 0 heterocycles. The highest BCUT2D eigenvalue weighted by Gasteiger charge is 2.12. The first kappa shape index (κ1) is 14.6. The standard InChI is InChI=1S/C15H23NO2/c1-5-12(2)10-16(13(3)17)11-14-6-8-15(18-4)9-7-14/h6-9,12H,5,10-11H2,1-4H3. The van der Waals surface area contributed by atoms with E-state index in [-0.39, 0.29) is 5.91 Å². The molecule has 1 rings (SSSR count). The van der Waals surface area contributed by atoms with E-state index in [0.717, 1.165) is 24.3 Å². The first-order valence-corrected chi connectivity index (χ1v) is 6.45. The summed E-state index contributed by atoms with van der Waals surface area (Å²) in [7, 11) is 1.65. The smallest absolute Gasteiger partial charge is 0.219 e. The van der Waals surface area contributed by atoms with Crippen molar-refractivity contribution in [3.05, 3.63) is 29.8 Å². The molecule has 0 aliphatic heterocycles. The van der Waals surface area contributed by atoms with Gasteiger partial charge in [0.15, 0.2) is 0 Å². The summed E-state index contributed by atoms with van der Waals surface area (Å²) in [5.74, 6) is 1.51. The third-order valence-electron chi connectivity index (χ3n) is 3.21. The van der Waals surface area contributed by atoms with Crippen LogP contribution < -0.4 is 4.74 Å². The number of ether oxygens (including phenoxy) is 1. The van der Waals surface area contributed by atoms with Gasteiger partial charge >= 0.3 is 0 Å². The molecule has 0 fully saturated rings. The van der Waals surface area contributed by atoms with Gasteiger partial charge in [-0.25, -0.2) is 0 Å². The number of hydrogen-bond acceptors (Lipinski definition) is 2. The maximum Gasteiger partial charge on any atom is 0.219 e. The molecule has 0 N–H and O–H groups in total. The van der Waals surface area contributed by atoms with Crippen molar-refractivity contribution in [1.29, 1.82) is 0 Å². The van der Waals surface area contributed by atoms with Gasteiger partial charge in [-0.2, -0.15) is 0 Å². The van der Waals surface area contributed by atoms with E-state index in [1.807, 2.05) is 29.2 Å². The third-order valence-corrected chi connectivity index (χ3v) is 3.21. The highest BCUT2D eigenvalue weighted by atomic mass is 16.5. The van der Waals surface area contributed by atoms with Gasteiger partial charge in [0.05, 0.1) is 7.11 Å². The van der Waals surface area contributed by atoms with Gasteiger partial charge in [0.2, 0.25) is 5.91 Å². The van der Waals surface area contributed by atoms with Crippen molar-refractivity contribution >= 4 is 5.91 Å². The fourth-order valence-corrected chi connectivity index (χ4v) is 1.76. The number of hydrogen-bond donors (Lipinski definition) is 0. The van der Waals surface area contributed by atoms with Gasteiger partial charge in [-0.15, -0.1) is 0 Å². The summed E-state index contributed by atoms with van der Waals surface area (Å²) in [5.41, 5.74) is 1.13. The van der Waals surface area contributed by atoms with E-state index in [1.54, 1.807) is 14.0 Å². The van der Waals surface area contributed by atoms with E-state index >= 15 is 0 Å². The van der Waals surface area contributed by atoms with Crippen molar-refractivity contribution in [2.24, 2.45) is 5.92 Å². The summed E-state index contributed by atoms with van der Waals surface area (Å²) in [6, 6.07) is 7.87. The summed E-state index contributed by atoms with van der Waals surface area (Å²) in [4.78, 5) is 13.5. The van der Waals surface area contributed by atoms with E-state index < -0.39 is 0 Å². The molecule has 0 aromatic heterocycles. The SMILES string of the molecule is CCC(C)CN(Cc1ccc(OC)cc1)C(C)=O. The van der Waals surface area contributed by atoms with Crippen molar-refractivity contribution in [1.82, 2.24) is 4.90 Å². The summed E-state index contributed by atoms with van der Waals surface area (Å²) in [6.07, 6.45) is 1.09. The number of carbonyl (C=O) groups excluding carboxylic acids is 1. The van der Waals surface area contributed by atoms with Crippen molar-refractivity contribution in [2.75, 3.05) is 13.7 Å². The van der Waals surface area contributed by atoms with Gasteiger partial charge in [-0.1, -0.05) is 32.4 Å².